The van der Waals surface area contributed by atoms with Crippen LogP contribution in [-0.4, -0.2) is 59.8 Å². The number of nitrogens with zero attached hydrogens (tertiary/aromatic N) is 1. The highest BCUT2D eigenvalue weighted by Gasteiger charge is 2.36. The van der Waals surface area contributed by atoms with Crippen molar-refractivity contribution < 1.29 is 29.0 Å². The molecule has 0 saturated heterocycles. The van der Waals surface area contributed by atoms with Crippen molar-refractivity contribution in [2.24, 2.45) is 0 Å². The molecule has 2 unspecified atom stereocenters. The molecule has 0 aliphatic carbocycles. The van der Waals surface area contributed by atoms with Crippen LogP contribution in [0, 0.1) is 13.8 Å². The number of aryl methyl sites for hydroxylation is 2. The molecule has 2 aromatic rings. The first-order valence-electron chi connectivity index (χ1n) is 12.3. The Bertz CT molecular complexity index is 1060. The van der Waals surface area contributed by atoms with E-state index in [1.165, 1.54) is 4.90 Å². The van der Waals surface area contributed by atoms with Crippen LogP contribution in [0.3, 0.4) is 0 Å². The van der Waals surface area contributed by atoms with Gasteiger partial charge in [-0.15, -0.1) is 0 Å². The molecular weight excluding hydrogens is 474 g/mol. The van der Waals surface area contributed by atoms with E-state index in [1.807, 2.05) is 39.0 Å². The van der Waals surface area contributed by atoms with E-state index in [9.17, 15) is 19.5 Å². The number of hydrogen-bond acceptors (Lipinski definition) is 6. The Kier molecular flexibility index (Phi) is 10.5. The SMILES string of the molecule is CCCN(C(=O)C(CO)NC(=O)OC(C)(C)C)C(C(=O)Nc1ccc(OC)cc1)c1cc(C)cc(C)c1. The quantitative estimate of drug-likeness (QED) is 0.440. The molecule has 2 aromatic carbocycles. The molecule has 202 valence electrons. The smallest absolute Gasteiger partial charge is 0.408 e. The molecule has 3 N–H and O–H groups in total. The number of anilines is 1. The summed E-state index contributed by atoms with van der Waals surface area (Å²) in [5.41, 5.74) is 2.25. The number of methoxy groups -OCH3 is 1. The van der Waals surface area contributed by atoms with Gasteiger partial charge in [-0.3, -0.25) is 9.59 Å². The van der Waals surface area contributed by atoms with Crippen LogP contribution in [0.5, 0.6) is 5.75 Å². The van der Waals surface area contributed by atoms with E-state index >= 15 is 0 Å². The summed E-state index contributed by atoms with van der Waals surface area (Å²) in [6.07, 6.45) is -0.282. The van der Waals surface area contributed by atoms with E-state index in [0.717, 1.165) is 11.1 Å². The Balaban J connectivity index is 2.47. The molecule has 0 aliphatic heterocycles. The first-order valence-corrected chi connectivity index (χ1v) is 12.3. The maximum Gasteiger partial charge on any atom is 0.408 e. The van der Waals surface area contributed by atoms with Gasteiger partial charge < -0.3 is 30.1 Å². The van der Waals surface area contributed by atoms with Crippen molar-refractivity contribution in [1.29, 1.82) is 0 Å². The molecule has 37 heavy (non-hydrogen) atoms. The Morgan fingerprint density at radius 1 is 1.03 bits per heavy atom. The van der Waals surface area contributed by atoms with E-state index in [1.54, 1.807) is 52.1 Å². The highest BCUT2D eigenvalue weighted by atomic mass is 16.6. The molecule has 0 aliphatic rings. The second-order valence-electron chi connectivity index (χ2n) is 9.95. The van der Waals surface area contributed by atoms with Gasteiger partial charge >= 0.3 is 6.09 Å². The highest BCUT2D eigenvalue weighted by Crippen LogP contribution is 2.27. The molecule has 2 rings (SSSR count). The van der Waals surface area contributed by atoms with E-state index < -0.39 is 42.2 Å². The van der Waals surface area contributed by atoms with Gasteiger partial charge in [0.25, 0.3) is 5.91 Å². The second-order valence-corrected chi connectivity index (χ2v) is 9.95. The van der Waals surface area contributed by atoms with Crippen molar-refractivity contribution in [2.45, 2.75) is 65.6 Å². The van der Waals surface area contributed by atoms with Gasteiger partial charge in [-0.2, -0.15) is 0 Å². The van der Waals surface area contributed by atoms with Gasteiger partial charge in [0.05, 0.1) is 13.7 Å². The molecule has 0 heterocycles. The Morgan fingerprint density at radius 3 is 2.11 bits per heavy atom. The monoisotopic (exact) mass is 513 g/mol. The molecule has 0 bridgehead atoms. The number of aliphatic hydroxyl groups excluding tert-OH is 1. The molecule has 0 fully saturated rings. The third-order valence-electron chi connectivity index (χ3n) is 5.40. The molecule has 9 heteroatoms. The lowest BCUT2D eigenvalue weighted by atomic mass is 9.98. The van der Waals surface area contributed by atoms with Gasteiger partial charge in [-0.1, -0.05) is 36.2 Å². The number of amides is 3. The zero-order chi connectivity index (χ0) is 27.8. The van der Waals surface area contributed by atoms with Gasteiger partial charge in [0.15, 0.2) is 0 Å². The van der Waals surface area contributed by atoms with Crippen molar-refractivity contribution in [3.8, 4) is 5.75 Å². The Hall–Kier alpha value is -3.59. The summed E-state index contributed by atoms with van der Waals surface area (Å²) in [6.45, 7) is 10.4. The molecule has 9 nitrogen and oxygen atoms in total. The minimum absolute atomic E-state index is 0.221. The van der Waals surface area contributed by atoms with Crippen molar-refractivity contribution >= 4 is 23.6 Å². The van der Waals surface area contributed by atoms with E-state index in [0.29, 0.717) is 23.4 Å². The average molecular weight is 514 g/mol. The van der Waals surface area contributed by atoms with Crippen LogP contribution in [0.4, 0.5) is 10.5 Å². The fourth-order valence-electron chi connectivity index (χ4n) is 3.97. The first-order chi connectivity index (χ1) is 17.4. The van der Waals surface area contributed by atoms with Crippen molar-refractivity contribution in [1.82, 2.24) is 10.2 Å². The summed E-state index contributed by atoms with van der Waals surface area (Å²) in [4.78, 5) is 41.2. The molecule has 0 saturated carbocycles. The number of ether oxygens (including phenoxy) is 2. The van der Waals surface area contributed by atoms with Gasteiger partial charge in [0.2, 0.25) is 5.91 Å². The maximum atomic E-state index is 13.7. The summed E-state index contributed by atoms with van der Waals surface area (Å²) >= 11 is 0. The summed E-state index contributed by atoms with van der Waals surface area (Å²) in [5.74, 6) is -0.374. The average Bonchev–Trinajstić information content (AvgIpc) is 2.80. The lowest BCUT2D eigenvalue weighted by molar-refractivity contribution is -0.141. The number of nitrogens with one attached hydrogen (secondary N) is 2. The van der Waals surface area contributed by atoms with Crippen molar-refractivity contribution in [3.05, 3.63) is 59.2 Å². The van der Waals surface area contributed by atoms with Gasteiger partial charge in [-0.25, -0.2) is 4.79 Å². The maximum absolute atomic E-state index is 13.7. The molecule has 2 atom stereocenters. The molecule has 0 aromatic heterocycles. The van der Waals surface area contributed by atoms with Crippen LogP contribution < -0.4 is 15.4 Å². The van der Waals surface area contributed by atoms with Crippen LogP contribution in [0.1, 0.15) is 56.8 Å². The number of carbonyl (C=O) groups excluding carboxylic acids is 3. The fourth-order valence-corrected chi connectivity index (χ4v) is 3.97. The van der Waals surface area contributed by atoms with Crippen LogP contribution >= 0.6 is 0 Å². The molecule has 3 amide bonds. The van der Waals surface area contributed by atoms with E-state index in [4.69, 9.17) is 9.47 Å². The zero-order valence-corrected chi connectivity index (χ0v) is 22.8. The summed E-state index contributed by atoms with van der Waals surface area (Å²) in [6, 6.07) is 10.3. The largest absolute Gasteiger partial charge is 0.497 e. The number of rotatable bonds is 10. The first kappa shape index (κ1) is 29.6. The third kappa shape index (κ3) is 8.78. The zero-order valence-electron chi connectivity index (χ0n) is 22.8. The molecule has 0 spiro atoms. The van der Waals surface area contributed by atoms with E-state index in [-0.39, 0.29) is 6.54 Å². The number of hydrogen-bond donors (Lipinski definition) is 3. The molecular formula is C28H39N3O6. The van der Waals surface area contributed by atoms with E-state index in [2.05, 4.69) is 10.6 Å². The highest BCUT2D eigenvalue weighted by molar-refractivity contribution is 5.99. The topological polar surface area (TPSA) is 117 Å². The van der Waals surface area contributed by atoms with Crippen molar-refractivity contribution in [3.63, 3.8) is 0 Å². The number of alkyl carbamates (subject to hydrolysis) is 1. The van der Waals surface area contributed by atoms with Crippen LogP contribution in [0.15, 0.2) is 42.5 Å². The Morgan fingerprint density at radius 2 is 1.62 bits per heavy atom. The van der Waals surface area contributed by atoms with Crippen LogP contribution in [0.2, 0.25) is 0 Å². The van der Waals surface area contributed by atoms with Crippen molar-refractivity contribution in [2.75, 3.05) is 25.6 Å². The van der Waals surface area contributed by atoms with Gasteiger partial charge in [-0.05, 0) is 70.9 Å². The lowest BCUT2D eigenvalue weighted by Gasteiger charge is -2.34. The second kappa shape index (κ2) is 13.1. The van der Waals surface area contributed by atoms with Gasteiger partial charge in [0, 0.05) is 12.2 Å². The summed E-state index contributed by atoms with van der Waals surface area (Å²) in [5, 5.41) is 15.3. The predicted molar refractivity (Wildman–Crippen MR) is 143 cm³/mol. The Labute approximate surface area is 219 Å². The molecule has 0 radical (unpaired) electrons. The normalized spacial score (nSPS) is 12.8. The predicted octanol–water partition coefficient (Wildman–Crippen LogP) is 4.12. The number of benzene rings is 2. The minimum atomic E-state index is -1.29. The standard InChI is InChI=1S/C28H39N3O6/c1-8-13-31(26(34)23(17-32)30-27(35)37-28(4,5)6)24(20-15-18(2)14-19(3)16-20)25(33)29-21-9-11-22(36-7)12-10-21/h9-12,14-16,23-24,32H,8,13,17H2,1-7H3,(H,29,33)(H,30,35). The number of carbonyl (C=O) groups is 3. The van der Waals surface area contributed by atoms with Crippen LogP contribution in [0.25, 0.3) is 0 Å². The summed E-state index contributed by atoms with van der Waals surface area (Å²) < 4.78 is 10.4. The third-order valence-corrected chi connectivity index (χ3v) is 5.40. The summed E-state index contributed by atoms with van der Waals surface area (Å²) in [7, 11) is 1.56. The number of aliphatic hydroxyl groups is 1. The lowest BCUT2D eigenvalue weighted by Crippen LogP contribution is -2.54. The van der Waals surface area contributed by atoms with Crippen LogP contribution in [-0.2, 0) is 14.3 Å². The minimum Gasteiger partial charge on any atom is -0.497 e. The fraction of sp³-hybridized carbons (Fsp3) is 0.464. The van der Waals surface area contributed by atoms with Gasteiger partial charge in [0.1, 0.15) is 23.4 Å².